The molecule has 2 rings (SSSR count). The van der Waals surface area contributed by atoms with Crippen molar-refractivity contribution in [3.63, 3.8) is 0 Å². The van der Waals surface area contributed by atoms with E-state index in [0.717, 1.165) is 6.54 Å². The molecule has 1 N–H and O–H groups in total. The molecule has 1 aliphatic heterocycles. The van der Waals surface area contributed by atoms with Gasteiger partial charge in [0.1, 0.15) is 0 Å². The summed E-state index contributed by atoms with van der Waals surface area (Å²) in [5.74, 6) is 0. The maximum atomic E-state index is 3.50. The molecule has 3 nitrogen and oxygen atoms in total. The molecule has 2 unspecified atom stereocenters. The molecule has 1 heterocycles. The first kappa shape index (κ1) is 16.5. The van der Waals surface area contributed by atoms with E-state index in [1.54, 1.807) is 0 Å². The quantitative estimate of drug-likeness (QED) is 0.899. The van der Waals surface area contributed by atoms with E-state index in [-0.39, 0.29) is 0 Å². The number of likely N-dealkylation sites (tertiary alicyclic amines) is 1. The molecule has 1 fully saturated rings. The van der Waals surface area contributed by atoms with Gasteiger partial charge < -0.3 is 15.1 Å². The van der Waals surface area contributed by atoms with E-state index in [1.165, 1.54) is 42.6 Å². The molecule has 0 radical (unpaired) electrons. The fourth-order valence-electron chi connectivity index (χ4n) is 3.51. The van der Waals surface area contributed by atoms with Crippen LogP contribution in [-0.4, -0.2) is 56.6 Å². The zero-order chi connectivity index (χ0) is 15.4. The molecule has 0 amide bonds. The van der Waals surface area contributed by atoms with Crippen molar-refractivity contribution in [1.82, 2.24) is 15.1 Å². The van der Waals surface area contributed by atoms with Crippen molar-refractivity contribution in [3.05, 3.63) is 34.9 Å². The Labute approximate surface area is 130 Å². The van der Waals surface area contributed by atoms with Gasteiger partial charge in [0.2, 0.25) is 0 Å². The second-order valence-corrected chi connectivity index (χ2v) is 6.76. The Hall–Kier alpha value is -0.900. The zero-order valence-corrected chi connectivity index (χ0v) is 14.3. The molecule has 21 heavy (non-hydrogen) atoms. The molecule has 3 heteroatoms. The Balaban J connectivity index is 2.04. The highest BCUT2D eigenvalue weighted by Gasteiger charge is 2.23. The lowest BCUT2D eigenvalue weighted by molar-refractivity contribution is 0.126. The molecule has 0 aliphatic carbocycles. The van der Waals surface area contributed by atoms with Crippen LogP contribution < -0.4 is 5.32 Å². The molecule has 1 aliphatic rings. The van der Waals surface area contributed by atoms with Gasteiger partial charge in [-0.25, -0.2) is 0 Å². The van der Waals surface area contributed by atoms with Crippen LogP contribution in [0.25, 0.3) is 0 Å². The van der Waals surface area contributed by atoms with Crippen molar-refractivity contribution in [1.29, 1.82) is 0 Å². The van der Waals surface area contributed by atoms with E-state index in [2.05, 4.69) is 68.3 Å². The predicted molar refractivity (Wildman–Crippen MR) is 90.9 cm³/mol. The first-order valence-electron chi connectivity index (χ1n) is 8.14. The molecule has 1 saturated heterocycles. The maximum absolute atomic E-state index is 3.50. The number of nitrogens with zero attached hydrogens (tertiary/aromatic N) is 2. The third kappa shape index (κ3) is 4.53. The molecule has 0 saturated carbocycles. The van der Waals surface area contributed by atoms with Crippen LogP contribution in [0.2, 0.25) is 0 Å². The molecule has 1 aromatic carbocycles. The number of hydrogen-bond acceptors (Lipinski definition) is 3. The third-order valence-corrected chi connectivity index (χ3v) is 4.69. The minimum absolute atomic E-state index is 0.404. The number of aryl methyl sites for hydroxylation is 2. The minimum atomic E-state index is 0.404. The summed E-state index contributed by atoms with van der Waals surface area (Å²) >= 11 is 0. The van der Waals surface area contributed by atoms with Crippen LogP contribution in [0.1, 0.15) is 35.6 Å². The minimum Gasteiger partial charge on any atom is -0.312 e. The molecule has 118 valence electrons. The Morgan fingerprint density at radius 1 is 1.29 bits per heavy atom. The fraction of sp³-hybridized carbons (Fsp3) is 0.667. The summed E-state index contributed by atoms with van der Waals surface area (Å²) in [6, 6.07) is 7.96. The zero-order valence-electron chi connectivity index (χ0n) is 14.3. The third-order valence-electron chi connectivity index (χ3n) is 4.69. The summed E-state index contributed by atoms with van der Waals surface area (Å²) in [5, 5.41) is 3.50. The Kier molecular flexibility index (Phi) is 5.80. The summed E-state index contributed by atoms with van der Waals surface area (Å²) in [6.45, 7) is 7.88. The highest BCUT2D eigenvalue weighted by Crippen LogP contribution is 2.20. The van der Waals surface area contributed by atoms with E-state index < -0.39 is 0 Å². The Morgan fingerprint density at radius 3 is 2.52 bits per heavy atom. The lowest BCUT2D eigenvalue weighted by Crippen LogP contribution is -2.47. The predicted octanol–water partition coefficient (Wildman–Crippen LogP) is 2.59. The van der Waals surface area contributed by atoms with E-state index in [0.29, 0.717) is 12.1 Å². The van der Waals surface area contributed by atoms with E-state index in [9.17, 15) is 0 Å². The lowest BCUT2D eigenvalue weighted by Gasteiger charge is -2.37. The Bertz CT molecular complexity index is 438. The molecule has 1 aromatic rings. The highest BCUT2D eigenvalue weighted by atomic mass is 15.2. The van der Waals surface area contributed by atoms with Crippen molar-refractivity contribution in [2.45, 2.75) is 38.8 Å². The average molecular weight is 289 g/mol. The molecule has 0 bridgehead atoms. The van der Waals surface area contributed by atoms with Gasteiger partial charge in [0.25, 0.3) is 0 Å². The monoisotopic (exact) mass is 289 g/mol. The van der Waals surface area contributed by atoms with Crippen molar-refractivity contribution >= 4 is 0 Å². The molecule has 2 atom stereocenters. The summed E-state index contributed by atoms with van der Waals surface area (Å²) in [5.41, 5.74) is 4.11. The van der Waals surface area contributed by atoms with Gasteiger partial charge in [0.15, 0.2) is 0 Å². The smallest absolute Gasteiger partial charge is 0.0447 e. The van der Waals surface area contributed by atoms with Gasteiger partial charge in [-0.05, 0) is 59.9 Å². The van der Waals surface area contributed by atoms with Gasteiger partial charge in [-0.3, -0.25) is 0 Å². The highest BCUT2D eigenvalue weighted by molar-refractivity contribution is 5.30. The molecule has 0 aromatic heterocycles. The van der Waals surface area contributed by atoms with Crippen LogP contribution in [0, 0.1) is 13.8 Å². The van der Waals surface area contributed by atoms with E-state index >= 15 is 0 Å². The average Bonchev–Trinajstić information content (AvgIpc) is 2.43. The van der Waals surface area contributed by atoms with Crippen molar-refractivity contribution < 1.29 is 0 Å². The number of nitrogens with one attached hydrogen (secondary N) is 1. The largest absolute Gasteiger partial charge is 0.312 e. The number of rotatable bonds is 5. The second kappa shape index (κ2) is 7.39. The molecular weight excluding hydrogens is 258 g/mol. The summed E-state index contributed by atoms with van der Waals surface area (Å²) in [6.07, 6.45) is 2.64. The number of piperidine rings is 1. The van der Waals surface area contributed by atoms with Crippen LogP contribution in [0.3, 0.4) is 0 Å². The van der Waals surface area contributed by atoms with Gasteiger partial charge in [-0.1, -0.05) is 29.3 Å². The van der Waals surface area contributed by atoms with E-state index in [1.807, 2.05) is 0 Å². The number of benzene rings is 1. The number of likely N-dealkylation sites (N-methyl/N-ethyl adjacent to an activating group) is 3. The Morgan fingerprint density at radius 2 is 1.95 bits per heavy atom. The van der Waals surface area contributed by atoms with Gasteiger partial charge in [-0.2, -0.15) is 0 Å². The van der Waals surface area contributed by atoms with Crippen molar-refractivity contribution in [3.8, 4) is 0 Å². The van der Waals surface area contributed by atoms with E-state index in [4.69, 9.17) is 0 Å². The fourth-order valence-corrected chi connectivity index (χ4v) is 3.51. The standard InChI is InChI=1S/C18H31N3/c1-14-9-15(2)11-16(10-14)18(19-3)13-21(5)17-7-6-8-20(4)12-17/h9-11,17-19H,6-8,12-13H2,1-5H3. The maximum Gasteiger partial charge on any atom is 0.0447 e. The van der Waals surface area contributed by atoms with Crippen LogP contribution in [0.15, 0.2) is 18.2 Å². The topological polar surface area (TPSA) is 18.5 Å². The van der Waals surface area contributed by atoms with Gasteiger partial charge >= 0.3 is 0 Å². The lowest BCUT2D eigenvalue weighted by atomic mass is 9.99. The first-order valence-corrected chi connectivity index (χ1v) is 8.14. The van der Waals surface area contributed by atoms with Crippen molar-refractivity contribution in [2.24, 2.45) is 0 Å². The molecule has 0 spiro atoms. The van der Waals surface area contributed by atoms with Gasteiger partial charge in [0, 0.05) is 25.2 Å². The number of hydrogen-bond donors (Lipinski definition) is 1. The van der Waals surface area contributed by atoms with Gasteiger partial charge in [0.05, 0.1) is 0 Å². The van der Waals surface area contributed by atoms with Crippen LogP contribution in [0.4, 0.5) is 0 Å². The first-order chi connectivity index (χ1) is 9.99. The summed E-state index contributed by atoms with van der Waals surface area (Å²) < 4.78 is 0. The normalized spacial score (nSPS) is 21.7. The van der Waals surface area contributed by atoms with Crippen molar-refractivity contribution in [2.75, 3.05) is 40.8 Å². The molecular formula is C18H31N3. The second-order valence-electron chi connectivity index (χ2n) is 6.76. The summed E-state index contributed by atoms with van der Waals surface area (Å²) in [7, 11) is 6.58. The van der Waals surface area contributed by atoms with Crippen LogP contribution in [0.5, 0.6) is 0 Å². The SMILES string of the molecule is CNC(CN(C)C1CCCN(C)C1)c1cc(C)cc(C)c1. The van der Waals surface area contributed by atoms with Gasteiger partial charge in [-0.15, -0.1) is 0 Å². The van der Waals surface area contributed by atoms with Crippen LogP contribution >= 0.6 is 0 Å². The van der Waals surface area contributed by atoms with Crippen LogP contribution in [-0.2, 0) is 0 Å². The summed E-state index contributed by atoms with van der Waals surface area (Å²) in [4.78, 5) is 4.99.